The second-order valence-electron chi connectivity index (χ2n) is 4.00. The molecule has 0 atom stereocenters. The number of hydrogen-bond acceptors (Lipinski definition) is 1. The molecule has 0 saturated heterocycles. The summed E-state index contributed by atoms with van der Waals surface area (Å²) in [7, 11) is 1.86. The fraction of sp³-hybridized carbons (Fsp3) is 0.286. The second kappa shape index (κ2) is 4.05. The van der Waals surface area contributed by atoms with Crippen molar-refractivity contribution >= 4 is 0 Å². The van der Waals surface area contributed by atoms with E-state index in [0.29, 0.717) is 5.56 Å². The Bertz CT molecular complexity index is 598. The Labute approximate surface area is 101 Å². The lowest BCUT2D eigenvalue weighted by molar-refractivity contribution is -0.660. The minimum absolute atomic E-state index is 0.345. The molecule has 0 fully saturated rings. The van der Waals surface area contributed by atoms with Crippen molar-refractivity contribution in [2.24, 2.45) is 7.05 Å². The topological polar surface area (TPSA) is 16.8 Å². The third kappa shape index (κ3) is 1.83. The molecule has 2 aromatic rings. The molecule has 0 unspecified atom stereocenters. The zero-order valence-electron chi connectivity index (χ0n) is 12.8. The summed E-state index contributed by atoms with van der Waals surface area (Å²) >= 11 is 0. The first kappa shape index (κ1) is 7.55. The summed E-state index contributed by atoms with van der Waals surface area (Å²) in [6, 6.07) is 5.47. The summed E-state index contributed by atoms with van der Waals surface area (Å²) < 4.78 is 24.2. The van der Waals surface area contributed by atoms with E-state index in [0.717, 1.165) is 22.5 Å². The summed E-state index contributed by atoms with van der Waals surface area (Å²) in [5.74, 6) is 0. The molecule has 0 N–H and O–H groups in total. The first-order valence-electron chi connectivity index (χ1n) is 6.73. The van der Waals surface area contributed by atoms with E-state index in [1.165, 1.54) is 0 Å². The lowest BCUT2D eigenvalue weighted by atomic mass is 10.0. The molecule has 16 heavy (non-hydrogen) atoms. The van der Waals surface area contributed by atoms with Crippen LogP contribution >= 0.6 is 0 Å². The van der Waals surface area contributed by atoms with E-state index in [4.69, 9.17) is 4.11 Å². The SMILES string of the molecule is [2H]C([2H])([2H])c1ccc(-c2c(C)ccnc2C)[n+](C)c1. The van der Waals surface area contributed by atoms with Gasteiger partial charge in [-0.3, -0.25) is 4.98 Å². The molecule has 82 valence electrons. The van der Waals surface area contributed by atoms with Gasteiger partial charge in [-0.05, 0) is 38.4 Å². The maximum atomic E-state index is 7.44. The molecular weight excluding hydrogens is 196 g/mol. The van der Waals surface area contributed by atoms with Crippen molar-refractivity contribution in [3.8, 4) is 11.3 Å². The average Bonchev–Trinajstić information content (AvgIpc) is 2.29. The molecule has 2 nitrogen and oxygen atoms in total. The predicted octanol–water partition coefficient (Wildman–Crippen LogP) is 2.50. The van der Waals surface area contributed by atoms with Crippen LogP contribution in [0.5, 0.6) is 0 Å². The summed E-state index contributed by atoms with van der Waals surface area (Å²) in [5.41, 5.74) is 4.44. The molecule has 0 bridgehead atoms. The van der Waals surface area contributed by atoms with Crippen LogP contribution in [0.25, 0.3) is 11.3 Å². The quantitative estimate of drug-likeness (QED) is 0.669. The fourth-order valence-electron chi connectivity index (χ4n) is 1.95. The monoisotopic (exact) mass is 216 g/mol. The van der Waals surface area contributed by atoms with Gasteiger partial charge in [0, 0.05) is 21.9 Å². The second-order valence-corrected chi connectivity index (χ2v) is 4.00. The number of hydrogen-bond donors (Lipinski definition) is 0. The van der Waals surface area contributed by atoms with E-state index < -0.39 is 6.85 Å². The van der Waals surface area contributed by atoms with Crippen LogP contribution in [0.1, 0.15) is 20.9 Å². The predicted molar refractivity (Wildman–Crippen MR) is 65.1 cm³/mol. The molecule has 0 aromatic carbocycles. The molecule has 0 saturated carbocycles. The molecule has 2 rings (SSSR count). The largest absolute Gasteiger partial charge is 0.261 e. The molecular formula is C14H17N2+. The zero-order valence-corrected chi connectivity index (χ0v) is 9.78. The Hall–Kier alpha value is -1.70. The fourth-order valence-corrected chi connectivity index (χ4v) is 1.95. The van der Waals surface area contributed by atoms with Crippen molar-refractivity contribution in [3.05, 3.63) is 47.4 Å². The normalized spacial score (nSPS) is 14.1. The van der Waals surface area contributed by atoms with E-state index in [1.54, 1.807) is 18.5 Å². The van der Waals surface area contributed by atoms with Crippen LogP contribution in [0.4, 0.5) is 0 Å². The van der Waals surface area contributed by atoms with E-state index in [9.17, 15) is 0 Å². The lowest BCUT2D eigenvalue weighted by Crippen LogP contribution is -2.31. The van der Waals surface area contributed by atoms with Crippen molar-refractivity contribution in [2.75, 3.05) is 0 Å². The van der Waals surface area contributed by atoms with Gasteiger partial charge in [-0.15, -0.1) is 0 Å². The molecule has 0 spiro atoms. The average molecular weight is 216 g/mol. The van der Waals surface area contributed by atoms with Gasteiger partial charge in [0.05, 0.1) is 11.3 Å². The van der Waals surface area contributed by atoms with Crippen LogP contribution in [-0.2, 0) is 7.05 Å². The van der Waals surface area contributed by atoms with Gasteiger partial charge in [-0.1, -0.05) is 0 Å². The summed E-state index contributed by atoms with van der Waals surface area (Å²) in [6.07, 6.45) is 3.44. The summed E-state index contributed by atoms with van der Waals surface area (Å²) in [5, 5.41) is 0. The van der Waals surface area contributed by atoms with Crippen LogP contribution in [0.3, 0.4) is 0 Å². The van der Waals surface area contributed by atoms with Crippen molar-refractivity contribution in [2.45, 2.75) is 20.7 Å². The maximum Gasteiger partial charge on any atom is 0.214 e. The Morgan fingerprint density at radius 1 is 1.25 bits per heavy atom. The molecule has 0 aliphatic rings. The van der Waals surface area contributed by atoms with Crippen LogP contribution < -0.4 is 4.57 Å². The van der Waals surface area contributed by atoms with E-state index in [2.05, 4.69) is 4.98 Å². The highest BCUT2D eigenvalue weighted by atomic mass is 14.9. The van der Waals surface area contributed by atoms with E-state index >= 15 is 0 Å². The lowest BCUT2D eigenvalue weighted by Gasteiger charge is -2.07. The number of aromatic nitrogens is 2. The number of nitrogens with zero attached hydrogens (tertiary/aromatic N) is 2. The van der Waals surface area contributed by atoms with Gasteiger partial charge in [0.2, 0.25) is 5.69 Å². The van der Waals surface area contributed by atoms with Gasteiger partial charge in [0.1, 0.15) is 7.05 Å². The van der Waals surface area contributed by atoms with Crippen molar-refractivity contribution in [1.82, 2.24) is 4.98 Å². The zero-order chi connectivity index (χ0) is 14.2. The van der Waals surface area contributed by atoms with Crippen LogP contribution in [0.2, 0.25) is 0 Å². The maximum absolute atomic E-state index is 7.44. The summed E-state index contributed by atoms with van der Waals surface area (Å²) in [6.45, 7) is 1.91. The first-order chi connectivity index (χ1) is 8.80. The molecule has 2 heteroatoms. The van der Waals surface area contributed by atoms with E-state index in [1.807, 2.05) is 37.6 Å². The Morgan fingerprint density at radius 2 is 2.06 bits per heavy atom. The number of aryl methyl sites for hydroxylation is 4. The molecule has 0 amide bonds. The van der Waals surface area contributed by atoms with Gasteiger partial charge in [-0.25, -0.2) is 4.57 Å². The number of pyridine rings is 2. The highest BCUT2D eigenvalue weighted by Gasteiger charge is 2.14. The molecule has 0 radical (unpaired) electrons. The first-order valence-corrected chi connectivity index (χ1v) is 5.23. The van der Waals surface area contributed by atoms with Crippen LogP contribution in [-0.4, -0.2) is 4.98 Å². The van der Waals surface area contributed by atoms with Crippen LogP contribution in [0.15, 0.2) is 30.6 Å². The number of rotatable bonds is 1. The highest BCUT2D eigenvalue weighted by molar-refractivity contribution is 5.63. The van der Waals surface area contributed by atoms with Gasteiger partial charge in [0.15, 0.2) is 6.20 Å². The Kier molecular flexibility index (Phi) is 1.91. The van der Waals surface area contributed by atoms with Crippen molar-refractivity contribution in [1.29, 1.82) is 0 Å². The van der Waals surface area contributed by atoms with Gasteiger partial charge >= 0.3 is 0 Å². The van der Waals surface area contributed by atoms with Crippen molar-refractivity contribution < 1.29 is 8.68 Å². The molecule has 0 aliphatic heterocycles. The third-order valence-electron chi connectivity index (χ3n) is 2.74. The van der Waals surface area contributed by atoms with Gasteiger partial charge in [-0.2, -0.15) is 0 Å². The summed E-state index contributed by atoms with van der Waals surface area (Å²) in [4.78, 5) is 4.30. The van der Waals surface area contributed by atoms with Gasteiger partial charge < -0.3 is 0 Å². The van der Waals surface area contributed by atoms with Crippen molar-refractivity contribution in [3.63, 3.8) is 0 Å². The molecule has 2 heterocycles. The Balaban J connectivity index is 2.59. The minimum Gasteiger partial charge on any atom is -0.261 e. The highest BCUT2D eigenvalue weighted by Crippen LogP contribution is 2.22. The van der Waals surface area contributed by atoms with Crippen LogP contribution in [0, 0.1) is 20.7 Å². The third-order valence-corrected chi connectivity index (χ3v) is 2.74. The Morgan fingerprint density at radius 3 is 2.69 bits per heavy atom. The molecule has 0 aliphatic carbocycles. The minimum atomic E-state index is -2.07. The smallest absolute Gasteiger partial charge is 0.214 e. The molecule has 2 aromatic heterocycles. The standard InChI is InChI=1S/C14H17N2/c1-10-5-6-13(16(4)9-10)14-11(2)7-8-15-12(14)3/h5-9H,1-4H3/q+1/i1D3. The van der Waals surface area contributed by atoms with E-state index in [-0.39, 0.29) is 0 Å². The van der Waals surface area contributed by atoms with Gasteiger partial charge in [0.25, 0.3) is 0 Å².